The van der Waals surface area contributed by atoms with Crippen molar-refractivity contribution in [3.8, 4) is 11.3 Å². The summed E-state index contributed by atoms with van der Waals surface area (Å²) in [6.07, 6.45) is 5.86. The normalized spacial score (nSPS) is 17.6. The van der Waals surface area contributed by atoms with Crippen LogP contribution in [0.1, 0.15) is 19.8 Å². The third kappa shape index (κ3) is 2.42. The van der Waals surface area contributed by atoms with E-state index in [0.29, 0.717) is 0 Å². The van der Waals surface area contributed by atoms with Crippen molar-refractivity contribution in [1.82, 2.24) is 19.6 Å². The number of rotatable bonds is 2. The van der Waals surface area contributed by atoms with E-state index in [-0.39, 0.29) is 5.54 Å². The standard InChI is InChI=1S/C18H20N6S/c1-18(19)6-9-23(10-7-18)17-22-24-14(11-21-16(24)25-17)13-4-2-3-12-5-8-20-15(12)13/h2-5,8,11,20H,6-7,9-10,19H2,1H3. The Morgan fingerprint density at radius 3 is 2.92 bits per heavy atom. The smallest absolute Gasteiger partial charge is 0.214 e. The van der Waals surface area contributed by atoms with Crippen molar-refractivity contribution in [1.29, 1.82) is 0 Å². The summed E-state index contributed by atoms with van der Waals surface area (Å²) in [5, 5.41) is 7.08. The summed E-state index contributed by atoms with van der Waals surface area (Å²) in [5.41, 5.74) is 9.46. The number of hydrogen-bond acceptors (Lipinski definition) is 5. The summed E-state index contributed by atoms with van der Waals surface area (Å²) in [7, 11) is 0. The lowest BCUT2D eigenvalue weighted by atomic mass is 9.91. The van der Waals surface area contributed by atoms with E-state index in [1.807, 2.05) is 16.9 Å². The number of nitrogens with zero attached hydrogens (tertiary/aromatic N) is 4. The minimum Gasteiger partial charge on any atom is -0.361 e. The molecule has 0 spiro atoms. The van der Waals surface area contributed by atoms with Gasteiger partial charge in [-0.1, -0.05) is 29.5 Å². The van der Waals surface area contributed by atoms with E-state index in [4.69, 9.17) is 10.8 Å². The highest BCUT2D eigenvalue weighted by Gasteiger charge is 2.28. The van der Waals surface area contributed by atoms with Gasteiger partial charge in [0.1, 0.15) is 0 Å². The fourth-order valence-corrected chi connectivity index (χ4v) is 4.43. The van der Waals surface area contributed by atoms with Gasteiger partial charge in [0.2, 0.25) is 10.1 Å². The largest absolute Gasteiger partial charge is 0.361 e. The van der Waals surface area contributed by atoms with Gasteiger partial charge in [0.05, 0.1) is 17.4 Å². The summed E-state index contributed by atoms with van der Waals surface area (Å²) in [4.78, 5) is 11.2. The molecule has 1 saturated heterocycles. The molecule has 4 aromatic rings. The second-order valence-corrected chi connectivity index (χ2v) is 8.05. The van der Waals surface area contributed by atoms with Crippen LogP contribution in [0, 0.1) is 0 Å². The molecule has 25 heavy (non-hydrogen) atoms. The maximum absolute atomic E-state index is 6.25. The van der Waals surface area contributed by atoms with Gasteiger partial charge in [-0.15, -0.1) is 5.10 Å². The molecule has 5 rings (SSSR count). The molecule has 128 valence electrons. The SMILES string of the molecule is CC1(N)CCN(c2nn3c(-c4cccc5cc[nH]c45)cnc3s2)CC1. The number of aromatic nitrogens is 4. The van der Waals surface area contributed by atoms with Gasteiger partial charge >= 0.3 is 0 Å². The first-order chi connectivity index (χ1) is 12.1. The van der Waals surface area contributed by atoms with Crippen molar-refractivity contribution >= 4 is 32.3 Å². The molecule has 0 unspecified atom stereocenters. The second-order valence-electron chi connectivity index (χ2n) is 7.11. The summed E-state index contributed by atoms with van der Waals surface area (Å²) in [6.45, 7) is 4.03. The zero-order valence-corrected chi connectivity index (χ0v) is 14.9. The maximum atomic E-state index is 6.25. The van der Waals surface area contributed by atoms with Crippen LogP contribution in [0.3, 0.4) is 0 Å². The number of nitrogens with one attached hydrogen (secondary N) is 1. The summed E-state index contributed by atoms with van der Waals surface area (Å²) in [6, 6.07) is 8.38. The molecule has 4 heterocycles. The van der Waals surface area contributed by atoms with Crippen LogP contribution in [0.15, 0.2) is 36.7 Å². The van der Waals surface area contributed by atoms with E-state index in [2.05, 4.69) is 46.1 Å². The number of aromatic amines is 1. The lowest BCUT2D eigenvalue weighted by molar-refractivity contribution is 0.363. The lowest BCUT2D eigenvalue weighted by Crippen LogP contribution is -2.48. The Hall–Kier alpha value is -2.38. The fourth-order valence-electron chi connectivity index (χ4n) is 3.50. The molecule has 0 atom stereocenters. The highest BCUT2D eigenvalue weighted by atomic mass is 32.1. The number of anilines is 1. The number of H-pyrrole nitrogens is 1. The van der Waals surface area contributed by atoms with Crippen molar-refractivity contribution in [3.05, 3.63) is 36.7 Å². The van der Waals surface area contributed by atoms with Crippen molar-refractivity contribution < 1.29 is 0 Å². The molecule has 1 fully saturated rings. The van der Waals surface area contributed by atoms with Crippen LogP contribution in [-0.2, 0) is 0 Å². The van der Waals surface area contributed by atoms with Gasteiger partial charge < -0.3 is 15.6 Å². The minimum absolute atomic E-state index is 0.0532. The molecule has 7 heteroatoms. The second kappa shape index (κ2) is 5.31. The first-order valence-electron chi connectivity index (χ1n) is 8.56. The average Bonchev–Trinajstić information content (AvgIpc) is 3.29. The molecule has 1 aromatic carbocycles. The molecule has 3 N–H and O–H groups in total. The highest BCUT2D eigenvalue weighted by molar-refractivity contribution is 7.20. The third-order valence-electron chi connectivity index (χ3n) is 5.11. The summed E-state index contributed by atoms with van der Waals surface area (Å²) >= 11 is 1.64. The van der Waals surface area contributed by atoms with Crippen LogP contribution in [0.25, 0.3) is 27.1 Å². The molecule has 0 bridgehead atoms. The van der Waals surface area contributed by atoms with Gasteiger partial charge in [-0.25, -0.2) is 9.50 Å². The number of piperidine rings is 1. The van der Waals surface area contributed by atoms with E-state index >= 15 is 0 Å². The van der Waals surface area contributed by atoms with Crippen molar-refractivity contribution in [2.24, 2.45) is 5.73 Å². The Morgan fingerprint density at radius 1 is 1.24 bits per heavy atom. The van der Waals surface area contributed by atoms with Crippen LogP contribution >= 0.6 is 11.3 Å². The Kier molecular flexibility index (Phi) is 3.17. The Morgan fingerprint density at radius 2 is 2.08 bits per heavy atom. The average molecular weight is 352 g/mol. The summed E-state index contributed by atoms with van der Waals surface area (Å²) in [5.74, 6) is 0. The zero-order valence-electron chi connectivity index (χ0n) is 14.1. The van der Waals surface area contributed by atoms with Gasteiger partial charge in [-0.05, 0) is 25.8 Å². The predicted octanol–water partition coefficient (Wildman–Crippen LogP) is 3.26. The number of para-hydroxylation sites is 1. The van der Waals surface area contributed by atoms with Crippen molar-refractivity contribution in [2.75, 3.05) is 18.0 Å². The molecule has 0 saturated carbocycles. The molecule has 0 aliphatic carbocycles. The van der Waals surface area contributed by atoms with E-state index in [0.717, 1.165) is 52.8 Å². The molecule has 1 aliphatic rings. The molecule has 3 aromatic heterocycles. The zero-order chi connectivity index (χ0) is 17.0. The van der Waals surface area contributed by atoms with E-state index in [1.54, 1.807) is 11.3 Å². The van der Waals surface area contributed by atoms with Crippen molar-refractivity contribution in [3.63, 3.8) is 0 Å². The van der Waals surface area contributed by atoms with Gasteiger partial charge in [0.25, 0.3) is 0 Å². The first-order valence-corrected chi connectivity index (χ1v) is 9.37. The number of imidazole rings is 1. The van der Waals surface area contributed by atoms with Gasteiger partial charge in [0.15, 0.2) is 0 Å². The molecule has 1 aliphatic heterocycles. The number of nitrogens with two attached hydrogens (primary N) is 1. The summed E-state index contributed by atoms with van der Waals surface area (Å²) < 4.78 is 1.96. The predicted molar refractivity (Wildman–Crippen MR) is 102 cm³/mol. The van der Waals surface area contributed by atoms with Gasteiger partial charge in [0, 0.05) is 35.8 Å². The van der Waals surface area contributed by atoms with Crippen LogP contribution in [0.2, 0.25) is 0 Å². The monoisotopic (exact) mass is 352 g/mol. The quantitative estimate of drug-likeness (QED) is 0.581. The lowest BCUT2D eigenvalue weighted by Gasteiger charge is -2.36. The maximum Gasteiger partial charge on any atom is 0.214 e. The first kappa shape index (κ1) is 14.9. The molecular weight excluding hydrogens is 332 g/mol. The Balaban J connectivity index is 1.56. The highest BCUT2D eigenvalue weighted by Crippen LogP contribution is 2.33. The van der Waals surface area contributed by atoms with Crippen LogP contribution in [-0.4, -0.2) is 38.2 Å². The van der Waals surface area contributed by atoms with Crippen molar-refractivity contribution in [2.45, 2.75) is 25.3 Å². The van der Waals surface area contributed by atoms with Crippen LogP contribution in [0.5, 0.6) is 0 Å². The fraction of sp³-hybridized carbons (Fsp3) is 0.333. The van der Waals surface area contributed by atoms with E-state index < -0.39 is 0 Å². The van der Waals surface area contributed by atoms with Crippen LogP contribution in [0.4, 0.5) is 5.13 Å². The van der Waals surface area contributed by atoms with Gasteiger partial charge in [-0.3, -0.25) is 0 Å². The molecule has 0 amide bonds. The number of fused-ring (bicyclic) bond motifs is 2. The molecular formula is C18H20N6S. The molecule has 0 radical (unpaired) electrons. The Bertz CT molecular complexity index is 1050. The molecule has 6 nitrogen and oxygen atoms in total. The van der Waals surface area contributed by atoms with Crippen LogP contribution < -0.4 is 10.6 Å². The third-order valence-corrected chi connectivity index (χ3v) is 6.10. The number of benzene rings is 1. The Labute approximate surface area is 149 Å². The topological polar surface area (TPSA) is 75.2 Å². The van der Waals surface area contributed by atoms with E-state index in [9.17, 15) is 0 Å². The van der Waals surface area contributed by atoms with E-state index in [1.165, 1.54) is 5.39 Å². The van der Waals surface area contributed by atoms with Gasteiger partial charge in [-0.2, -0.15) is 0 Å². The number of hydrogen-bond donors (Lipinski definition) is 2. The minimum atomic E-state index is -0.0532.